The number of hydrogen-bond donors (Lipinski definition) is 1. The number of nitrogens with one attached hydrogen (secondary N) is 1. The molecule has 4 heteroatoms. The highest BCUT2D eigenvalue weighted by atomic mass is 15.3. The zero-order valence-electron chi connectivity index (χ0n) is 8.95. The Labute approximate surface area is 85.0 Å². The van der Waals surface area contributed by atoms with Crippen LogP contribution in [0.5, 0.6) is 0 Å². The van der Waals surface area contributed by atoms with E-state index < -0.39 is 0 Å². The topological polar surface area (TPSA) is 42.7 Å². The molecule has 4 nitrogen and oxygen atoms in total. The number of aryl methyl sites for hydroxylation is 1. The van der Waals surface area contributed by atoms with E-state index in [2.05, 4.69) is 28.9 Å². The van der Waals surface area contributed by atoms with E-state index >= 15 is 0 Å². The maximum atomic E-state index is 4.19. The molecular weight excluding hydrogens is 176 g/mol. The summed E-state index contributed by atoms with van der Waals surface area (Å²) < 4.78 is 1.72. The smallest absolute Gasteiger partial charge is 0.151 e. The van der Waals surface area contributed by atoms with Gasteiger partial charge in [-0.1, -0.05) is 19.1 Å². The molecule has 0 spiro atoms. The first-order chi connectivity index (χ1) is 6.72. The van der Waals surface area contributed by atoms with Crippen molar-refractivity contribution in [1.82, 2.24) is 20.1 Å². The third kappa shape index (κ3) is 3.70. The maximum absolute atomic E-state index is 4.19. The Kier molecular flexibility index (Phi) is 4.32. The van der Waals surface area contributed by atoms with Crippen LogP contribution in [-0.2, 0) is 13.5 Å². The molecule has 1 heterocycles. The lowest BCUT2D eigenvalue weighted by atomic mass is 10.2. The van der Waals surface area contributed by atoms with Crippen molar-refractivity contribution in [2.45, 2.75) is 19.8 Å². The summed E-state index contributed by atoms with van der Waals surface area (Å²) in [5, 5.41) is 7.50. The van der Waals surface area contributed by atoms with Crippen LogP contribution in [0, 0.1) is 0 Å². The SMILES string of the molecule is C=C(CC)CNCCc1ncn(C)n1. The van der Waals surface area contributed by atoms with Crippen LogP contribution in [0.1, 0.15) is 19.2 Å². The molecule has 0 fully saturated rings. The van der Waals surface area contributed by atoms with E-state index in [0.717, 1.165) is 31.8 Å². The highest BCUT2D eigenvalue weighted by molar-refractivity contribution is 4.95. The van der Waals surface area contributed by atoms with Gasteiger partial charge in [0, 0.05) is 26.6 Å². The molecule has 1 aromatic rings. The zero-order chi connectivity index (χ0) is 10.4. The van der Waals surface area contributed by atoms with Gasteiger partial charge < -0.3 is 5.32 Å². The quantitative estimate of drug-likeness (QED) is 0.541. The van der Waals surface area contributed by atoms with Gasteiger partial charge in [0.05, 0.1) is 0 Å². The lowest BCUT2D eigenvalue weighted by Crippen LogP contribution is -2.20. The molecule has 0 saturated carbocycles. The second-order valence-electron chi connectivity index (χ2n) is 3.36. The summed E-state index contributed by atoms with van der Waals surface area (Å²) in [6, 6.07) is 0. The fourth-order valence-electron chi connectivity index (χ4n) is 1.09. The van der Waals surface area contributed by atoms with Crippen LogP contribution in [0.3, 0.4) is 0 Å². The Morgan fingerprint density at radius 3 is 3.00 bits per heavy atom. The summed E-state index contributed by atoms with van der Waals surface area (Å²) in [4.78, 5) is 4.14. The molecule has 0 bridgehead atoms. The minimum Gasteiger partial charge on any atom is -0.313 e. The van der Waals surface area contributed by atoms with Gasteiger partial charge in [0.25, 0.3) is 0 Å². The normalized spacial score (nSPS) is 10.4. The average Bonchev–Trinajstić information content (AvgIpc) is 2.58. The van der Waals surface area contributed by atoms with Gasteiger partial charge in [0.2, 0.25) is 0 Å². The summed E-state index contributed by atoms with van der Waals surface area (Å²) in [5.41, 5.74) is 1.24. The van der Waals surface area contributed by atoms with Crippen LogP contribution in [-0.4, -0.2) is 27.9 Å². The molecule has 0 radical (unpaired) electrons. The van der Waals surface area contributed by atoms with Gasteiger partial charge in [-0.05, 0) is 6.42 Å². The fourth-order valence-corrected chi connectivity index (χ4v) is 1.09. The van der Waals surface area contributed by atoms with E-state index in [9.17, 15) is 0 Å². The van der Waals surface area contributed by atoms with Crippen LogP contribution in [0.25, 0.3) is 0 Å². The molecule has 0 aliphatic heterocycles. The van der Waals surface area contributed by atoms with Gasteiger partial charge in [-0.2, -0.15) is 5.10 Å². The van der Waals surface area contributed by atoms with Crippen molar-refractivity contribution in [2.24, 2.45) is 7.05 Å². The third-order valence-electron chi connectivity index (χ3n) is 2.05. The van der Waals surface area contributed by atoms with Gasteiger partial charge in [-0.25, -0.2) is 4.98 Å². The van der Waals surface area contributed by atoms with Crippen LogP contribution >= 0.6 is 0 Å². The number of nitrogens with zero attached hydrogens (tertiary/aromatic N) is 3. The fraction of sp³-hybridized carbons (Fsp3) is 0.600. The first-order valence-corrected chi connectivity index (χ1v) is 4.94. The molecule has 78 valence electrons. The van der Waals surface area contributed by atoms with E-state index in [4.69, 9.17) is 0 Å². The Morgan fingerprint density at radius 2 is 2.43 bits per heavy atom. The van der Waals surface area contributed by atoms with Crippen LogP contribution in [0.4, 0.5) is 0 Å². The van der Waals surface area contributed by atoms with Crippen molar-refractivity contribution in [3.63, 3.8) is 0 Å². The second kappa shape index (κ2) is 5.54. The van der Waals surface area contributed by atoms with E-state index in [-0.39, 0.29) is 0 Å². The molecule has 14 heavy (non-hydrogen) atoms. The molecule has 0 saturated heterocycles. The van der Waals surface area contributed by atoms with Gasteiger partial charge in [-0.3, -0.25) is 4.68 Å². The molecule has 1 N–H and O–H groups in total. The van der Waals surface area contributed by atoms with Gasteiger partial charge in [0.1, 0.15) is 6.33 Å². The zero-order valence-corrected chi connectivity index (χ0v) is 8.95. The van der Waals surface area contributed by atoms with Crippen molar-refractivity contribution >= 4 is 0 Å². The number of aromatic nitrogens is 3. The molecule has 0 aliphatic rings. The van der Waals surface area contributed by atoms with E-state index in [1.807, 2.05) is 7.05 Å². The first-order valence-electron chi connectivity index (χ1n) is 4.94. The highest BCUT2D eigenvalue weighted by Gasteiger charge is 1.97. The van der Waals surface area contributed by atoms with E-state index in [0.29, 0.717) is 0 Å². The predicted molar refractivity (Wildman–Crippen MR) is 57.0 cm³/mol. The molecule has 1 rings (SSSR count). The number of rotatable bonds is 6. The van der Waals surface area contributed by atoms with Crippen molar-refractivity contribution in [1.29, 1.82) is 0 Å². The first kappa shape index (κ1) is 10.9. The minimum absolute atomic E-state index is 0.873. The molecule has 0 amide bonds. The van der Waals surface area contributed by atoms with Gasteiger partial charge in [0.15, 0.2) is 5.82 Å². The number of hydrogen-bond acceptors (Lipinski definition) is 3. The summed E-state index contributed by atoms with van der Waals surface area (Å²) in [5.74, 6) is 0.891. The largest absolute Gasteiger partial charge is 0.313 e. The van der Waals surface area contributed by atoms with Crippen LogP contribution < -0.4 is 5.32 Å². The average molecular weight is 194 g/mol. The monoisotopic (exact) mass is 194 g/mol. The lowest BCUT2D eigenvalue weighted by Gasteiger charge is -2.03. The Balaban J connectivity index is 2.13. The molecular formula is C10H18N4. The Bertz CT molecular complexity index is 290. The molecule has 0 unspecified atom stereocenters. The second-order valence-corrected chi connectivity index (χ2v) is 3.36. The minimum atomic E-state index is 0.873. The third-order valence-corrected chi connectivity index (χ3v) is 2.05. The van der Waals surface area contributed by atoms with Crippen molar-refractivity contribution in [2.75, 3.05) is 13.1 Å². The van der Waals surface area contributed by atoms with Gasteiger partial charge in [-0.15, -0.1) is 0 Å². The summed E-state index contributed by atoms with van der Waals surface area (Å²) in [6.07, 6.45) is 3.63. The van der Waals surface area contributed by atoms with E-state index in [1.165, 1.54) is 5.57 Å². The van der Waals surface area contributed by atoms with Gasteiger partial charge >= 0.3 is 0 Å². The summed E-state index contributed by atoms with van der Waals surface area (Å²) in [7, 11) is 1.88. The van der Waals surface area contributed by atoms with Crippen molar-refractivity contribution < 1.29 is 0 Å². The standard InChI is InChI=1S/C10H18N4/c1-4-9(2)7-11-6-5-10-12-8-14(3)13-10/h8,11H,2,4-7H2,1,3H3. The molecule has 0 aliphatic carbocycles. The lowest BCUT2D eigenvalue weighted by molar-refractivity contribution is 0.683. The van der Waals surface area contributed by atoms with Crippen molar-refractivity contribution in [3.8, 4) is 0 Å². The van der Waals surface area contributed by atoms with Crippen LogP contribution in [0.2, 0.25) is 0 Å². The molecule has 1 aromatic heterocycles. The van der Waals surface area contributed by atoms with E-state index in [1.54, 1.807) is 11.0 Å². The van der Waals surface area contributed by atoms with Crippen LogP contribution in [0.15, 0.2) is 18.5 Å². The maximum Gasteiger partial charge on any atom is 0.151 e. The Hall–Kier alpha value is -1.16. The summed E-state index contributed by atoms with van der Waals surface area (Å²) >= 11 is 0. The highest BCUT2D eigenvalue weighted by Crippen LogP contribution is 1.93. The summed E-state index contributed by atoms with van der Waals surface area (Å²) in [6.45, 7) is 7.84. The molecule has 0 atom stereocenters. The predicted octanol–water partition coefficient (Wildman–Crippen LogP) is 0.913. The Morgan fingerprint density at radius 1 is 1.64 bits per heavy atom. The van der Waals surface area contributed by atoms with Crippen molar-refractivity contribution in [3.05, 3.63) is 24.3 Å². The molecule has 0 aromatic carbocycles.